The average molecular weight is 357 g/mol. The summed E-state index contributed by atoms with van der Waals surface area (Å²) in [6, 6.07) is 3.83. The molecule has 0 bridgehead atoms. The Balaban J connectivity index is 0.00000400. The summed E-state index contributed by atoms with van der Waals surface area (Å²) in [5.74, 6) is -0.591. The Kier molecular flexibility index (Phi) is 7.11. The molecule has 3 N–H and O–H groups in total. The highest BCUT2D eigenvalue weighted by molar-refractivity contribution is 7.89. The van der Waals surface area contributed by atoms with E-state index in [2.05, 4.69) is 9.46 Å². The van der Waals surface area contributed by atoms with Gasteiger partial charge in [0, 0.05) is 12.1 Å². The third kappa shape index (κ3) is 5.80. The molecule has 120 valence electrons. The molecule has 0 heterocycles. The number of rotatable bonds is 5. The molecule has 0 saturated carbocycles. The maximum absolute atomic E-state index is 12.1. The lowest BCUT2D eigenvalue weighted by Gasteiger charge is -2.19. The molecule has 0 spiro atoms. The van der Waals surface area contributed by atoms with Crippen molar-refractivity contribution in [1.29, 1.82) is 0 Å². The van der Waals surface area contributed by atoms with Crippen molar-refractivity contribution >= 4 is 40.0 Å². The number of benzene rings is 1. The Morgan fingerprint density at radius 3 is 2.43 bits per heavy atom. The number of sulfonamides is 1. The van der Waals surface area contributed by atoms with Crippen molar-refractivity contribution in [2.45, 2.75) is 24.3 Å². The molecule has 1 rings (SSSR count). The lowest BCUT2D eigenvalue weighted by molar-refractivity contribution is 0.0600. The van der Waals surface area contributed by atoms with E-state index >= 15 is 0 Å². The summed E-state index contributed by atoms with van der Waals surface area (Å²) in [4.78, 5) is 11.2. The molecule has 1 aromatic rings. The number of ether oxygens (including phenoxy) is 1. The summed E-state index contributed by atoms with van der Waals surface area (Å²) >= 11 is 5.91. The second kappa shape index (κ2) is 7.42. The predicted molar refractivity (Wildman–Crippen MR) is 83.5 cm³/mol. The average Bonchev–Trinajstić information content (AvgIpc) is 2.34. The Hall–Kier alpha value is -0.860. The number of carbonyl (C=O) groups is 1. The van der Waals surface area contributed by atoms with Gasteiger partial charge in [0.25, 0.3) is 0 Å². The number of methoxy groups -OCH3 is 1. The topological polar surface area (TPSA) is 98.5 Å². The van der Waals surface area contributed by atoms with Gasteiger partial charge in [-0.1, -0.05) is 11.6 Å². The van der Waals surface area contributed by atoms with Gasteiger partial charge in [-0.2, -0.15) is 0 Å². The maximum atomic E-state index is 12.1. The molecular formula is C12H18Cl2N2O4S. The third-order valence-electron chi connectivity index (χ3n) is 2.36. The van der Waals surface area contributed by atoms with Crippen LogP contribution in [0.25, 0.3) is 0 Å². The van der Waals surface area contributed by atoms with E-state index in [0.717, 1.165) is 0 Å². The Bertz CT molecular complexity index is 612. The van der Waals surface area contributed by atoms with Crippen molar-refractivity contribution in [2.75, 3.05) is 13.7 Å². The van der Waals surface area contributed by atoms with Crippen LogP contribution >= 0.6 is 24.0 Å². The zero-order chi connectivity index (χ0) is 15.6. The number of nitrogens with two attached hydrogens (primary N) is 1. The van der Waals surface area contributed by atoms with Gasteiger partial charge in [-0.05, 0) is 32.0 Å². The molecule has 0 aromatic heterocycles. The first-order valence-corrected chi connectivity index (χ1v) is 7.59. The zero-order valence-electron chi connectivity index (χ0n) is 11.8. The summed E-state index contributed by atoms with van der Waals surface area (Å²) in [6.07, 6.45) is 0. The Labute approximate surface area is 135 Å². The monoisotopic (exact) mass is 356 g/mol. The van der Waals surface area contributed by atoms with Crippen LogP contribution in [-0.4, -0.2) is 33.6 Å². The Morgan fingerprint density at radius 1 is 1.43 bits per heavy atom. The van der Waals surface area contributed by atoms with Crippen LogP contribution in [0, 0.1) is 0 Å². The van der Waals surface area contributed by atoms with Crippen LogP contribution < -0.4 is 10.5 Å². The molecule has 0 aliphatic rings. The van der Waals surface area contributed by atoms with Gasteiger partial charge in [0.05, 0.1) is 17.7 Å². The van der Waals surface area contributed by atoms with Crippen molar-refractivity contribution in [3.8, 4) is 0 Å². The molecule has 0 unspecified atom stereocenters. The van der Waals surface area contributed by atoms with E-state index in [1.54, 1.807) is 13.8 Å². The fourth-order valence-corrected chi connectivity index (χ4v) is 3.09. The lowest BCUT2D eigenvalue weighted by Crippen LogP contribution is -2.45. The molecule has 0 amide bonds. The van der Waals surface area contributed by atoms with Gasteiger partial charge in [-0.25, -0.2) is 17.9 Å². The fourth-order valence-electron chi connectivity index (χ4n) is 1.32. The zero-order valence-corrected chi connectivity index (χ0v) is 14.2. The number of nitrogens with one attached hydrogen (secondary N) is 1. The molecule has 0 radical (unpaired) electrons. The highest BCUT2D eigenvalue weighted by Gasteiger charge is 2.22. The molecule has 6 nitrogen and oxygen atoms in total. The van der Waals surface area contributed by atoms with Crippen molar-refractivity contribution in [2.24, 2.45) is 5.73 Å². The first-order chi connectivity index (χ1) is 9.07. The number of esters is 1. The molecule has 21 heavy (non-hydrogen) atoms. The summed E-state index contributed by atoms with van der Waals surface area (Å²) in [6.45, 7) is 3.44. The number of halogens is 2. The van der Waals surface area contributed by atoms with Crippen molar-refractivity contribution in [1.82, 2.24) is 4.72 Å². The summed E-state index contributed by atoms with van der Waals surface area (Å²) in [5.41, 5.74) is 5.21. The molecule has 0 aliphatic heterocycles. The molecule has 0 atom stereocenters. The van der Waals surface area contributed by atoms with E-state index < -0.39 is 21.5 Å². The van der Waals surface area contributed by atoms with Gasteiger partial charge in [0.1, 0.15) is 4.90 Å². The van der Waals surface area contributed by atoms with Crippen molar-refractivity contribution in [3.05, 3.63) is 28.8 Å². The van der Waals surface area contributed by atoms with Crippen LogP contribution in [0.5, 0.6) is 0 Å². The van der Waals surface area contributed by atoms with Crippen molar-refractivity contribution in [3.63, 3.8) is 0 Å². The number of carbonyl (C=O) groups excluding carboxylic acids is 1. The van der Waals surface area contributed by atoms with Gasteiger partial charge in [-0.15, -0.1) is 12.4 Å². The second-order valence-electron chi connectivity index (χ2n) is 4.95. The van der Waals surface area contributed by atoms with E-state index in [0.29, 0.717) is 0 Å². The van der Waals surface area contributed by atoms with Crippen LogP contribution in [0.1, 0.15) is 24.2 Å². The van der Waals surface area contributed by atoms with E-state index in [4.69, 9.17) is 17.3 Å². The normalized spacial score (nSPS) is 11.7. The molecule has 1 aromatic carbocycles. The third-order valence-corrected chi connectivity index (χ3v) is 4.24. The van der Waals surface area contributed by atoms with Crippen LogP contribution in [0.2, 0.25) is 5.02 Å². The highest BCUT2D eigenvalue weighted by atomic mass is 35.5. The van der Waals surface area contributed by atoms with Gasteiger partial charge in [0.2, 0.25) is 10.0 Å². The number of hydrogen-bond acceptors (Lipinski definition) is 5. The summed E-state index contributed by atoms with van der Waals surface area (Å²) in [7, 11) is -2.56. The largest absolute Gasteiger partial charge is 0.465 e. The molecule has 0 fully saturated rings. The van der Waals surface area contributed by atoms with E-state index in [-0.39, 0.29) is 34.4 Å². The minimum atomic E-state index is -3.79. The molecule has 9 heteroatoms. The van der Waals surface area contributed by atoms with Gasteiger partial charge in [0.15, 0.2) is 0 Å². The molecule has 0 aliphatic carbocycles. The van der Waals surface area contributed by atoms with Crippen LogP contribution in [0.4, 0.5) is 0 Å². The number of hydrogen-bond donors (Lipinski definition) is 2. The minimum Gasteiger partial charge on any atom is -0.465 e. The predicted octanol–water partition coefficient (Wildman–Crippen LogP) is 1.56. The first-order valence-electron chi connectivity index (χ1n) is 5.73. The standard InChI is InChI=1S/C12H17ClN2O4S.ClH/c1-12(2,14)7-15-20(17,18)10-5-4-8(6-9(10)13)11(16)19-3;/h4-6,15H,7,14H2,1-3H3;1H. The summed E-state index contributed by atoms with van der Waals surface area (Å²) < 4.78 is 31.1. The highest BCUT2D eigenvalue weighted by Crippen LogP contribution is 2.23. The molecule has 0 saturated heterocycles. The van der Waals surface area contributed by atoms with Gasteiger partial charge < -0.3 is 10.5 Å². The smallest absolute Gasteiger partial charge is 0.337 e. The van der Waals surface area contributed by atoms with Crippen LogP contribution in [0.3, 0.4) is 0 Å². The summed E-state index contributed by atoms with van der Waals surface area (Å²) in [5, 5.41) is -0.0600. The van der Waals surface area contributed by atoms with Crippen LogP contribution in [0.15, 0.2) is 23.1 Å². The minimum absolute atomic E-state index is 0. The Morgan fingerprint density at radius 2 is 2.00 bits per heavy atom. The van der Waals surface area contributed by atoms with Gasteiger partial charge in [-0.3, -0.25) is 0 Å². The molecular weight excluding hydrogens is 339 g/mol. The van der Waals surface area contributed by atoms with E-state index in [9.17, 15) is 13.2 Å². The van der Waals surface area contributed by atoms with Gasteiger partial charge >= 0.3 is 5.97 Å². The first kappa shape index (κ1) is 20.1. The van der Waals surface area contributed by atoms with E-state index in [1.165, 1.54) is 25.3 Å². The quantitative estimate of drug-likeness (QED) is 0.780. The van der Waals surface area contributed by atoms with E-state index in [1.807, 2.05) is 0 Å². The second-order valence-corrected chi connectivity index (χ2v) is 7.09. The van der Waals surface area contributed by atoms with Crippen molar-refractivity contribution < 1.29 is 17.9 Å². The SMILES string of the molecule is COC(=O)c1ccc(S(=O)(=O)NCC(C)(C)N)c(Cl)c1.Cl. The van der Waals surface area contributed by atoms with Crippen LogP contribution in [-0.2, 0) is 14.8 Å². The fraction of sp³-hybridized carbons (Fsp3) is 0.417. The maximum Gasteiger partial charge on any atom is 0.337 e. The lowest BCUT2D eigenvalue weighted by atomic mass is 10.1.